The second kappa shape index (κ2) is 10.1. The lowest BCUT2D eigenvalue weighted by Gasteiger charge is -2.26. The average molecular weight is 538 g/mol. The lowest BCUT2D eigenvalue weighted by Crippen LogP contribution is -2.10. The SMILES string of the molecule is c1ccc(-c2ccc(N(c3ccccc3)c3cc(-c4ccccc4)cc4c3oc3c5ccccc5ccc43)cc2)cc1. The first-order valence-corrected chi connectivity index (χ1v) is 14.3. The summed E-state index contributed by atoms with van der Waals surface area (Å²) in [5.74, 6) is 0. The highest BCUT2D eigenvalue weighted by Gasteiger charge is 2.22. The Morgan fingerprint density at radius 1 is 0.357 bits per heavy atom. The molecule has 7 aromatic carbocycles. The number of anilines is 3. The molecule has 1 heterocycles. The summed E-state index contributed by atoms with van der Waals surface area (Å²) in [5, 5.41) is 4.52. The molecule has 2 heteroatoms. The van der Waals surface area contributed by atoms with Gasteiger partial charge < -0.3 is 9.32 Å². The maximum Gasteiger partial charge on any atom is 0.159 e. The topological polar surface area (TPSA) is 16.4 Å². The highest BCUT2D eigenvalue weighted by atomic mass is 16.3. The Morgan fingerprint density at radius 2 is 0.929 bits per heavy atom. The molecular weight excluding hydrogens is 510 g/mol. The van der Waals surface area contributed by atoms with E-state index < -0.39 is 0 Å². The van der Waals surface area contributed by atoms with Crippen molar-refractivity contribution in [1.29, 1.82) is 0 Å². The molecule has 0 fully saturated rings. The third-order valence-electron chi connectivity index (χ3n) is 8.04. The first-order chi connectivity index (χ1) is 20.8. The van der Waals surface area contributed by atoms with Crippen LogP contribution in [0.1, 0.15) is 0 Å². The Bertz CT molecular complexity index is 2160. The molecule has 0 atom stereocenters. The molecule has 0 aliphatic carbocycles. The van der Waals surface area contributed by atoms with Crippen LogP contribution in [0.25, 0.3) is 55.0 Å². The van der Waals surface area contributed by atoms with E-state index in [2.05, 4.69) is 169 Å². The van der Waals surface area contributed by atoms with Crippen molar-refractivity contribution in [3.05, 3.63) is 164 Å². The molecule has 0 N–H and O–H groups in total. The van der Waals surface area contributed by atoms with Crippen LogP contribution in [-0.2, 0) is 0 Å². The van der Waals surface area contributed by atoms with Crippen LogP contribution in [0, 0.1) is 0 Å². The zero-order valence-corrected chi connectivity index (χ0v) is 22.9. The van der Waals surface area contributed by atoms with Crippen LogP contribution in [0.2, 0.25) is 0 Å². The molecule has 0 spiro atoms. The third-order valence-corrected chi connectivity index (χ3v) is 8.04. The Balaban J connectivity index is 1.42. The van der Waals surface area contributed by atoms with Crippen molar-refractivity contribution < 1.29 is 4.42 Å². The molecule has 8 rings (SSSR count). The first-order valence-electron chi connectivity index (χ1n) is 14.3. The molecule has 1 aromatic heterocycles. The maximum absolute atomic E-state index is 6.86. The van der Waals surface area contributed by atoms with Crippen molar-refractivity contribution >= 4 is 49.8 Å². The van der Waals surface area contributed by atoms with Crippen LogP contribution in [0.5, 0.6) is 0 Å². The molecule has 0 amide bonds. The van der Waals surface area contributed by atoms with Gasteiger partial charge in [-0.1, -0.05) is 121 Å². The molecule has 198 valence electrons. The normalized spacial score (nSPS) is 11.3. The van der Waals surface area contributed by atoms with Gasteiger partial charge in [0.25, 0.3) is 0 Å². The van der Waals surface area contributed by atoms with Gasteiger partial charge in [0, 0.05) is 27.5 Å². The van der Waals surface area contributed by atoms with Crippen LogP contribution in [0.15, 0.2) is 168 Å². The predicted octanol–water partition coefficient (Wildman–Crippen LogP) is 11.5. The fourth-order valence-electron chi connectivity index (χ4n) is 5.99. The van der Waals surface area contributed by atoms with E-state index in [1.165, 1.54) is 22.1 Å². The summed E-state index contributed by atoms with van der Waals surface area (Å²) in [5.41, 5.74) is 9.64. The van der Waals surface area contributed by atoms with Crippen molar-refractivity contribution in [3.63, 3.8) is 0 Å². The predicted molar refractivity (Wildman–Crippen MR) is 177 cm³/mol. The maximum atomic E-state index is 6.86. The summed E-state index contributed by atoms with van der Waals surface area (Å²) in [6.45, 7) is 0. The standard InChI is InChI=1S/C40H27NO/c1-4-12-28(13-5-1)30-20-23-34(24-21-30)41(33-17-8-3-9-18-33)38-27-32(29-14-6-2-7-15-29)26-37-36-25-22-31-16-10-11-19-35(31)39(36)42-40(37)38/h1-27H. The van der Waals surface area contributed by atoms with Crippen molar-refractivity contribution in [2.75, 3.05) is 4.90 Å². The van der Waals surface area contributed by atoms with Crippen molar-refractivity contribution in [1.82, 2.24) is 0 Å². The molecular formula is C40H27NO. The number of para-hydroxylation sites is 1. The molecule has 0 saturated carbocycles. The average Bonchev–Trinajstić information content (AvgIpc) is 3.46. The van der Waals surface area contributed by atoms with Crippen LogP contribution in [-0.4, -0.2) is 0 Å². The number of rotatable bonds is 5. The zero-order chi connectivity index (χ0) is 27.9. The molecule has 0 unspecified atom stereocenters. The van der Waals surface area contributed by atoms with Crippen LogP contribution < -0.4 is 4.90 Å². The van der Waals surface area contributed by atoms with Gasteiger partial charge in [-0.2, -0.15) is 0 Å². The van der Waals surface area contributed by atoms with Gasteiger partial charge in [0.05, 0.1) is 5.69 Å². The Morgan fingerprint density at radius 3 is 1.64 bits per heavy atom. The molecule has 0 bridgehead atoms. The summed E-state index contributed by atoms with van der Waals surface area (Å²) in [6.07, 6.45) is 0. The molecule has 0 saturated heterocycles. The summed E-state index contributed by atoms with van der Waals surface area (Å²) in [7, 11) is 0. The minimum atomic E-state index is 0.872. The van der Waals surface area contributed by atoms with Gasteiger partial charge in [-0.3, -0.25) is 0 Å². The molecule has 0 aliphatic rings. The monoisotopic (exact) mass is 537 g/mol. The lowest BCUT2D eigenvalue weighted by molar-refractivity contribution is 0.673. The molecule has 2 nitrogen and oxygen atoms in total. The van der Waals surface area contributed by atoms with Gasteiger partial charge in [-0.25, -0.2) is 0 Å². The number of furan rings is 1. The molecule has 0 radical (unpaired) electrons. The molecule has 8 aromatic rings. The Hall–Kier alpha value is -5.60. The van der Waals surface area contributed by atoms with Crippen LogP contribution in [0.3, 0.4) is 0 Å². The smallest absolute Gasteiger partial charge is 0.159 e. The Kier molecular flexibility index (Phi) is 5.82. The van der Waals surface area contributed by atoms with Gasteiger partial charge in [-0.05, 0) is 70.1 Å². The van der Waals surface area contributed by atoms with Crippen LogP contribution in [0.4, 0.5) is 17.1 Å². The summed E-state index contributed by atoms with van der Waals surface area (Å²) in [6, 6.07) is 57.8. The minimum absolute atomic E-state index is 0.872. The van der Waals surface area contributed by atoms with Gasteiger partial charge in [0.1, 0.15) is 5.58 Å². The van der Waals surface area contributed by atoms with Gasteiger partial charge in [0.15, 0.2) is 5.58 Å². The number of hydrogen-bond acceptors (Lipinski definition) is 2. The second-order valence-corrected chi connectivity index (χ2v) is 10.6. The number of hydrogen-bond donors (Lipinski definition) is 0. The molecule has 0 aliphatic heterocycles. The lowest BCUT2D eigenvalue weighted by atomic mass is 9.99. The fourth-order valence-corrected chi connectivity index (χ4v) is 5.99. The third kappa shape index (κ3) is 4.13. The summed E-state index contributed by atoms with van der Waals surface area (Å²) in [4.78, 5) is 2.31. The number of benzene rings is 7. The highest BCUT2D eigenvalue weighted by Crippen LogP contribution is 2.45. The van der Waals surface area contributed by atoms with Crippen LogP contribution >= 0.6 is 0 Å². The minimum Gasteiger partial charge on any atom is -0.453 e. The van der Waals surface area contributed by atoms with E-state index in [0.717, 1.165) is 50.0 Å². The number of nitrogens with zero attached hydrogens (tertiary/aromatic N) is 1. The fraction of sp³-hybridized carbons (Fsp3) is 0. The van der Waals surface area contributed by atoms with E-state index in [4.69, 9.17) is 4.42 Å². The zero-order valence-electron chi connectivity index (χ0n) is 22.9. The first kappa shape index (κ1) is 24.2. The van der Waals surface area contributed by atoms with E-state index in [9.17, 15) is 0 Å². The Labute approximate surface area is 244 Å². The number of fused-ring (bicyclic) bond motifs is 5. The van der Waals surface area contributed by atoms with Gasteiger partial charge in [-0.15, -0.1) is 0 Å². The highest BCUT2D eigenvalue weighted by molar-refractivity contribution is 6.18. The van der Waals surface area contributed by atoms with E-state index >= 15 is 0 Å². The van der Waals surface area contributed by atoms with Crippen molar-refractivity contribution in [2.24, 2.45) is 0 Å². The quantitative estimate of drug-likeness (QED) is 0.217. The van der Waals surface area contributed by atoms with E-state index in [-0.39, 0.29) is 0 Å². The summed E-state index contributed by atoms with van der Waals surface area (Å²) < 4.78 is 6.86. The largest absolute Gasteiger partial charge is 0.453 e. The van der Waals surface area contributed by atoms with Crippen molar-refractivity contribution in [3.8, 4) is 22.3 Å². The van der Waals surface area contributed by atoms with Gasteiger partial charge in [0.2, 0.25) is 0 Å². The van der Waals surface area contributed by atoms with E-state index in [1.54, 1.807) is 0 Å². The summed E-state index contributed by atoms with van der Waals surface area (Å²) >= 11 is 0. The van der Waals surface area contributed by atoms with Crippen molar-refractivity contribution in [2.45, 2.75) is 0 Å². The molecule has 42 heavy (non-hydrogen) atoms. The second-order valence-electron chi connectivity index (χ2n) is 10.6. The van der Waals surface area contributed by atoms with Gasteiger partial charge >= 0.3 is 0 Å². The van der Waals surface area contributed by atoms with E-state index in [0.29, 0.717) is 0 Å². The van der Waals surface area contributed by atoms with E-state index in [1.807, 2.05) is 0 Å².